The van der Waals surface area contributed by atoms with Gasteiger partial charge in [-0.15, -0.1) is 0 Å². The zero-order valence-electron chi connectivity index (χ0n) is 21.3. The number of carbonyl (C=O) groups is 2. The fraction of sp³-hybridized carbons (Fsp3) is 0.429. The molecule has 0 saturated heterocycles. The summed E-state index contributed by atoms with van der Waals surface area (Å²) in [5.74, 6) is 1.20. The molecule has 36 heavy (non-hydrogen) atoms. The Morgan fingerprint density at radius 2 is 1.69 bits per heavy atom. The van der Waals surface area contributed by atoms with Gasteiger partial charge in [0.05, 0.1) is 14.2 Å². The number of anilines is 1. The highest BCUT2D eigenvalue weighted by molar-refractivity contribution is 5.98. The molecule has 1 aliphatic rings. The average molecular weight is 493 g/mol. The molecule has 3 aromatic rings. The number of rotatable bonds is 9. The Morgan fingerprint density at radius 1 is 1.00 bits per heavy atom. The van der Waals surface area contributed by atoms with Crippen LogP contribution in [-0.4, -0.2) is 43.2 Å². The summed E-state index contributed by atoms with van der Waals surface area (Å²) < 4.78 is 10.8. The van der Waals surface area contributed by atoms with E-state index in [1.807, 2.05) is 30.5 Å². The quantitative estimate of drug-likeness (QED) is 0.337. The van der Waals surface area contributed by atoms with E-state index in [1.54, 1.807) is 25.1 Å². The van der Waals surface area contributed by atoms with E-state index in [4.69, 9.17) is 9.47 Å². The zero-order valence-corrected chi connectivity index (χ0v) is 21.3. The Kier molecular flexibility index (Phi) is 8.03. The van der Waals surface area contributed by atoms with Gasteiger partial charge in [0.1, 0.15) is 22.7 Å². The first-order chi connectivity index (χ1) is 17.4. The summed E-state index contributed by atoms with van der Waals surface area (Å²) in [5.41, 5.74) is 1.15. The molecular formula is C28H36N4O4. The topological polar surface area (TPSA) is 104 Å². The van der Waals surface area contributed by atoms with Crippen molar-refractivity contribution >= 4 is 28.5 Å². The van der Waals surface area contributed by atoms with Gasteiger partial charge in [-0.05, 0) is 49.4 Å². The van der Waals surface area contributed by atoms with Crippen molar-refractivity contribution in [2.24, 2.45) is 5.92 Å². The molecule has 0 spiro atoms. The van der Waals surface area contributed by atoms with Gasteiger partial charge in [-0.2, -0.15) is 0 Å². The van der Waals surface area contributed by atoms with Gasteiger partial charge >= 0.3 is 6.03 Å². The fourth-order valence-corrected chi connectivity index (χ4v) is 5.03. The Bertz CT molecular complexity index is 1180. The van der Waals surface area contributed by atoms with Gasteiger partial charge < -0.3 is 30.4 Å². The molecule has 0 radical (unpaired) electrons. The fourth-order valence-electron chi connectivity index (χ4n) is 5.03. The number of hydrogen-bond donors (Lipinski definition) is 4. The lowest BCUT2D eigenvalue weighted by molar-refractivity contribution is -0.126. The SMILES string of the molecule is COc1cccc(OC)c1NC(=O)NC(C)(Cc1c[nH]c2ccccc12)C(=O)NCC1CCCCC1. The summed E-state index contributed by atoms with van der Waals surface area (Å²) in [6.07, 6.45) is 8.14. The standard InChI is InChI=1S/C28H36N4O4/c1-28(26(33)30-17-19-10-5-4-6-11-19,16-20-18-29-22-13-8-7-12-21(20)22)32-27(34)31-25-23(35-2)14-9-15-24(25)36-3/h7-9,12-15,18-19,29H,4-6,10-11,16-17H2,1-3H3,(H,30,33)(H2,31,32,34). The molecule has 2 aromatic carbocycles. The van der Waals surface area contributed by atoms with Crippen molar-refractivity contribution < 1.29 is 19.1 Å². The third-order valence-electron chi connectivity index (χ3n) is 7.05. The lowest BCUT2D eigenvalue weighted by Crippen LogP contribution is -2.59. The molecule has 1 fully saturated rings. The van der Waals surface area contributed by atoms with Gasteiger partial charge in [0.25, 0.3) is 0 Å². The van der Waals surface area contributed by atoms with Crippen LogP contribution in [0.1, 0.15) is 44.6 Å². The van der Waals surface area contributed by atoms with Gasteiger partial charge in [-0.1, -0.05) is 43.5 Å². The van der Waals surface area contributed by atoms with Gasteiger partial charge in [0.15, 0.2) is 0 Å². The van der Waals surface area contributed by atoms with Gasteiger partial charge in [0, 0.05) is 30.1 Å². The molecule has 1 heterocycles. The number of H-pyrrole nitrogens is 1. The smallest absolute Gasteiger partial charge is 0.320 e. The average Bonchev–Trinajstić information content (AvgIpc) is 3.30. The Hall–Kier alpha value is -3.68. The van der Waals surface area contributed by atoms with E-state index >= 15 is 0 Å². The summed E-state index contributed by atoms with van der Waals surface area (Å²) >= 11 is 0. The molecule has 192 valence electrons. The maximum Gasteiger partial charge on any atom is 0.320 e. The van der Waals surface area contributed by atoms with Gasteiger partial charge in [-0.25, -0.2) is 4.79 Å². The summed E-state index contributed by atoms with van der Waals surface area (Å²) in [7, 11) is 3.05. The maximum atomic E-state index is 13.6. The van der Waals surface area contributed by atoms with Crippen LogP contribution in [0.2, 0.25) is 0 Å². The second kappa shape index (κ2) is 11.4. The minimum Gasteiger partial charge on any atom is -0.494 e. The third kappa shape index (κ3) is 5.75. The van der Waals surface area contributed by atoms with Gasteiger partial charge in [0.2, 0.25) is 5.91 Å². The van der Waals surface area contributed by atoms with Crippen molar-refractivity contribution in [1.82, 2.24) is 15.6 Å². The van der Waals surface area contributed by atoms with E-state index in [0.717, 1.165) is 29.3 Å². The number of ether oxygens (including phenoxy) is 2. The highest BCUT2D eigenvalue weighted by Gasteiger charge is 2.36. The molecule has 3 amide bonds. The molecule has 1 saturated carbocycles. The number of benzene rings is 2. The predicted octanol–water partition coefficient (Wildman–Crippen LogP) is 5.00. The molecule has 1 atom stereocenters. The molecule has 1 aliphatic carbocycles. The second-order valence-electron chi connectivity index (χ2n) is 9.70. The third-order valence-corrected chi connectivity index (χ3v) is 7.05. The van der Waals surface area contributed by atoms with Crippen molar-refractivity contribution in [2.75, 3.05) is 26.1 Å². The van der Waals surface area contributed by atoms with Crippen molar-refractivity contribution in [1.29, 1.82) is 0 Å². The summed E-state index contributed by atoms with van der Waals surface area (Å²) in [4.78, 5) is 30.1. The Labute approximate surface area is 212 Å². The van der Waals surface area contributed by atoms with E-state index in [1.165, 1.54) is 33.5 Å². The largest absolute Gasteiger partial charge is 0.494 e. The number of para-hydroxylation sites is 2. The normalized spacial score (nSPS) is 15.6. The molecule has 4 N–H and O–H groups in total. The van der Waals surface area contributed by atoms with E-state index < -0.39 is 11.6 Å². The van der Waals surface area contributed by atoms with Crippen molar-refractivity contribution in [3.63, 3.8) is 0 Å². The van der Waals surface area contributed by atoms with Crippen LogP contribution in [0.5, 0.6) is 11.5 Å². The Balaban J connectivity index is 1.56. The molecule has 1 aromatic heterocycles. The second-order valence-corrected chi connectivity index (χ2v) is 9.70. The number of aromatic amines is 1. The van der Waals surface area contributed by atoms with Gasteiger partial charge in [-0.3, -0.25) is 4.79 Å². The zero-order chi connectivity index (χ0) is 25.5. The molecule has 1 unspecified atom stereocenters. The van der Waals surface area contributed by atoms with Crippen molar-refractivity contribution in [2.45, 2.75) is 51.0 Å². The molecular weight excluding hydrogens is 456 g/mol. The minimum absolute atomic E-state index is 0.208. The van der Waals surface area contributed by atoms with Crippen LogP contribution in [0.25, 0.3) is 10.9 Å². The van der Waals surface area contributed by atoms with Crippen LogP contribution in [0, 0.1) is 5.92 Å². The summed E-state index contributed by atoms with van der Waals surface area (Å²) in [6, 6.07) is 12.7. The van der Waals surface area contributed by atoms with Crippen molar-refractivity contribution in [3.05, 3.63) is 54.2 Å². The molecule has 8 nitrogen and oxygen atoms in total. The van der Waals surface area contributed by atoms with Crippen LogP contribution in [0.4, 0.5) is 10.5 Å². The number of nitrogens with one attached hydrogen (secondary N) is 4. The highest BCUT2D eigenvalue weighted by Crippen LogP contribution is 2.34. The highest BCUT2D eigenvalue weighted by atomic mass is 16.5. The predicted molar refractivity (Wildman–Crippen MR) is 142 cm³/mol. The van der Waals surface area contributed by atoms with Crippen LogP contribution in [-0.2, 0) is 11.2 Å². The first-order valence-electron chi connectivity index (χ1n) is 12.6. The van der Waals surface area contributed by atoms with Crippen LogP contribution >= 0.6 is 0 Å². The number of aromatic nitrogens is 1. The maximum absolute atomic E-state index is 13.6. The number of hydrogen-bond acceptors (Lipinski definition) is 4. The van der Waals surface area contributed by atoms with E-state index in [0.29, 0.717) is 36.1 Å². The van der Waals surface area contributed by atoms with Crippen LogP contribution in [0.15, 0.2) is 48.7 Å². The molecule has 0 bridgehead atoms. The number of carbonyl (C=O) groups excluding carboxylic acids is 2. The van der Waals surface area contributed by atoms with E-state index in [2.05, 4.69) is 20.9 Å². The summed E-state index contributed by atoms with van der Waals surface area (Å²) in [6.45, 7) is 2.38. The van der Waals surface area contributed by atoms with E-state index in [-0.39, 0.29) is 5.91 Å². The first kappa shape index (κ1) is 25.4. The van der Waals surface area contributed by atoms with Crippen LogP contribution < -0.4 is 25.4 Å². The van der Waals surface area contributed by atoms with E-state index in [9.17, 15) is 9.59 Å². The Morgan fingerprint density at radius 3 is 2.39 bits per heavy atom. The number of fused-ring (bicyclic) bond motifs is 1. The minimum atomic E-state index is -1.20. The first-order valence-corrected chi connectivity index (χ1v) is 12.6. The lowest BCUT2D eigenvalue weighted by atomic mass is 9.88. The van der Waals surface area contributed by atoms with Crippen LogP contribution in [0.3, 0.4) is 0 Å². The molecule has 0 aliphatic heterocycles. The number of amides is 3. The summed E-state index contributed by atoms with van der Waals surface area (Å²) in [5, 5.41) is 9.93. The number of urea groups is 1. The monoisotopic (exact) mass is 492 g/mol. The van der Waals surface area contributed by atoms with Crippen molar-refractivity contribution in [3.8, 4) is 11.5 Å². The molecule has 4 rings (SSSR count). The molecule has 8 heteroatoms. The lowest BCUT2D eigenvalue weighted by Gasteiger charge is -2.31. The number of methoxy groups -OCH3 is 2.